The molecule has 3 heteroatoms. The molecule has 0 saturated heterocycles. The van der Waals surface area contributed by atoms with Gasteiger partial charge in [-0.3, -0.25) is 4.79 Å². The molecule has 0 aromatic heterocycles. The third kappa shape index (κ3) is 3.33. The monoisotopic (exact) mass is 248 g/mol. The van der Waals surface area contributed by atoms with E-state index >= 15 is 0 Å². The van der Waals surface area contributed by atoms with Gasteiger partial charge in [0.05, 0.1) is 6.04 Å². The Labute approximate surface area is 110 Å². The van der Waals surface area contributed by atoms with Crippen molar-refractivity contribution in [3.05, 3.63) is 29.3 Å². The van der Waals surface area contributed by atoms with Gasteiger partial charge in [-0.15, -0.1) is 0 Å². The Balaban J connectivity index is 2.88. The molecule has 1 rings (SSSR count). The first-order chi connectivity index (χ1) is 8.51. The van der Waals surface area contributed by atoms with E-state index in [1.807, 2.05) is 39.0 Å². The van der Waals surface area contributed by atoms with Gasteiger partial charge in [0.25, 0.3) is 0 Å². The average Bonchev–Trinajstić information content (AvgIpc) is 2.38. The van der Waals surface area contributed by atoms with Crippen molar-refractivity contribution in [3.8, 4) is 0 Å². The molecule has 0 aliphatic heterocycles. The number of benzene rings is 1. The number of carbonyl (C=O) groups is 1. The Morgan fingerprint density at radius 3 is 2.61 bits per heavy atom. The Morgan fingerprint density at radius 1 is 1.39 bits per heavy atom. The minimum atomic E-state index is -0.445. The molecule has 0 fully saturated rings. The molecule has 0 aliphatic carbocycles. The highest BCUT2D eigenvalue weighted by Gasteiger charge is 2.20. The average molecular weight is 248 g/mol. The van der Waals surface area contributed by atoms with Gasteiger partial charge in [0.2, 0.25) is 5.91 Å². The van der Waals surface area contributed by atoms with Crippen LogP contribution in [0, 0.1) is 12.8 Å². The highest BCUT2D eigenvalue weighted by Crippen LogP contribution is 2.21. The van der Waals surface area contributed by atoms with Gasteiger partial charge in [0, 0.05) is 5.69 Å². The topological polar surface area (TPSA) is 55.1 Å². The van der Waals surface area contributed by atoms with Crippen molar-refractivity contribution >= 4 is 11.6 Å². The predicted molar refractivity (Wildman–Crippen MR) is 76.6 cm³/mol. The number of nitrogens with one attached hydrogen (secondary N) is 1. The van der Waals surface area contributed by atoms with Crippen LogP contribution in [0.1, 0.15) is 38.3 Å². The summed E-state index contributed by atoms with van der Waals surface area (Å²) in [5, 5.41) is 2.98. The molecule has 0 aliphatic rings. The molecule has 100 valence electrons. The maximum atomic E-state index is 12.1. The maximum Gasteiger partial charge on any atom is 0.241 e. The number of carbonyl (C=O) groups excluding carboxylic acids is 1. The lowest BCUT2D eigenvalue weighted by molar-refractivity contribution is -0.118. The summed E-state index contributed by atoms with van der Waals surface area (Å²) in [5.74, 6) is 0.104. The number of aryl methyl sites for hydroxylation is 2. The van der Waals surface area contributed by atoms with Crippen molar-refractivity contribution in [1.82, 2.24) is 0 Å². The Kier molecular flexibility index (Phi) is 5.35. The first kappa shape index (κ1) is 14.7. The van der Waals surface area contributed by atoms with E-state index in [2.05, 4.69) is 12.2 Å². The highest BCUT2D eigenvalue weighted by atomic mass is 16.2. The second-order valence-electron chi connectivity index (χ2n) is 4.86. The second kappa shape index (κ2) is 6.55. The first-order valence-corrected chi connectivity index (χ1v) is 6.66. The van der Waals surface area contributed by atoms with E-state index in [0.717, 1.165) is 29.7 Å². The third-order valence-corrected chi connectivity index (χ3v) is 3.55. The molecule has 0 radical (unpaired) electrons. The fourth-order valence-electron chi connectivity index (χ4n) is 1.92. The molecule has 0 heterocycles. The molecule has 1 aromatic rings. The van der Waals surface area contributed by atoms with E-state index in [1.165, 1.54) is 0 Å². The van der Waals surface area contributed by atoms with Gasteiger partial charge in [0.15, 0.2) is 0 Å². The molecule has 1 amide bonds. The van der Waals surface area contributed by atoms with Crippen molar-refractivity contribution in [3.63, 3.8) is 0 Å². The summed E-state index contributed by atoms with van der Waals surface area (Å²) in [6.07, 6.45) is 1.80. The van der Waals surface area contributed by atoms with Crippen LogP contribution in [-0.4, -0.2) is 11.9 Å². The van der Waals surface area contributed by atoms with E-state index in [-0.39, 0.29) is 11.8 Å². The number of rotatable bonds is 5. The standard InChI is InChI=1S/C15H24N2O/c1-5-10(3)13(16)15(18)17-14-11(4)8-7-9-12(14)6-2/h7-10,13H,5-6,16H2,1-4H3,(H,17,18)/t10?,13-/m0/s1. The zero-order valence-electron chi connectivity index (χ0n) is 11.8. The number of amides is 1. The summed E-state index contributed by atoms with van der Waals surface area (Å²) in [6, 6.07) is 5.61. The quantitative estimate of drug-likeness (QED) is 0.842. The largest absolute Gasteiger partial charge is 0.324 e. The molecule has 3 nitrogen and oxygen atoms in total. The SMILES string of the molecule is CCc1cccc(C)c1NC(=O)[C@@H](N)C(C)CC. The summed E-state index contributed by atoms with van der Waals surface area (Å²) in [6.45, 7) is 8.13. The summed E-state index contributed by atoms with van der Waals surface area (Å²) < 4.78 is 0. The second-order valence-corrected chi connectivity index (χ2v) is 4.86. The minimum absolute atomic E-state index is 0.0895. The summed E-state index contributed by atoms with van der Waals surface area (Å²) in [7, 11) is 0. The summed E-state index contributed by atoms with van der Waals surface area (Å²) >= 11 is 0. The molecular formula is C15H24N2O. The molecule has 0 saturated carbocycles. The smallest absolute Gasteiger partial charge is 0.241 e. The van der Waals surface area contributed by atoms with Crippen molar-refractivity contribution in [2.45, 2.75) is 46.6 Å². The van der Waals surface area contributed by atoms with Crippen LogP contribution in [0.3, 0.4) is 0 Å². The van der Waals surface area contributed by atoms with Gasteiger partial charge in [-0.1, -0.05) is 45.4 Å². The number of hydrogen-bond donors (Lipinski definition) is 2. The van der Waals surface area contributed by atoms with Crippen molar-refractivity contribution in [2.24, 2.45) is 11.7 Å². The molecule has 1 aromatic carbocycles. The lowest BCUT2D eigenvalue weighted by Gasteiger charge is -2.20. The van der Waals surface area contributed by atoms with E-state index in [1.54, 1.807) is 0 Å². The van der Waals surface area contributed by atoms with Crippen LogP contribution in [-0.2, 0) is 11.2 Å². The van der Waals surface area contributed by atoms with E-state index < -0.39 is 6.04 Å². The number of anilines is 1. The number of para-hydroxylation sites is 1. The number of nitrogens with two attached hydrogens (primary N) is 1. The number of hydrogen-bond acceptors (Lipinski definition) is 2. The molecule has 18 heavy (non-hydrogen) atoms. The fourth-order valence-corrected chi connectivity index (χ4v) is 1.92. The zero-order chi connectivity index (χ0) is 13.7. The minimum Gasteiger partial charge on any atom is -0.324 e. The van der Waals surface area contributed by atoms with Crippen LogP contribution in [0.25, 0.3) is 0 Å². The van der Waals surface area contributed by atoms with Gasteiger partial charge < -0.3 is 11.1 Å². The molecule has 2 atom stereocenters. The Morgan fingerprint density at radius 2 is 2.06 bits per heavy atom. The molecule has 3 N–H and O–H groups in total. The Hall–Kier alpha value is -1.35. The molecular weight excluding hydrogens is 224 g/mol. The molecule has 1 unspecified atom stereocenters. The van der Waals surface area contributed by atoms with Crippen molar-refractivity contribution < 1.29 is 4.79 Å². The lowest BCUT2D eigenvalue weighted by atomic mass is 9.98. The van der Waals surface area contributed by atoms with Gasteiger partial charge in [-0.25, -0.2) is 0 Å². The summed E-state index contributed by atoms with van der Waals surface area (Å²) in [5.41, 5.74) is 9.10. The first-order valence-electron chi connectivity index (χ1n) is 6.66. The van der Waals surface area contributed by atoms with Crippen LogP contribution in [0.2, 0.25) is 0 Å². The highest BCUT2D eigenvalue weighted by molar-refractivity contribution is 5.96. The van der Waals surface area contributed by atoms with Crippen LogP contribution in [0.4, 0.5) is 5.69 Å². The van der Waals surface area contributed by atoms with E-state index in [4.69, 9.17) is 5.73 Å². The van der Waals surface area contributed by atoms with Gasteiger partial charge in [-0.05, 0) is 30.4 Å². The zero-order valence-corrected chi connectivity index (χ0v) is 11.8. The fraction of sp³-hybridized carbons (Fsp3) is 0.533. The van der Waals surface area contributed by atoms with E-state index in [0.29, 0.717) is 0 Å². The third-order valence-electron chi connectivity index (χ3n) is 3.55. The lowest BCUT2D eigenvalue weighted by Crippen LogP contribution is -2.40. The van der Waals surface area contributed by atoms with Crippen molar-refractivity contribution in [2.75, 3.05) is 5.32 Å². The normalized spacial score (nSPS) is 14.1. The summed E-state index contributed by atoms with van der Waals surface area (Å²) in [4.78, 5) is 12.1. The van der Waals surface area contributed by atoms with Gasteiger partial charge in [0.1, 0.15) is 0 Å². The van der Waals surface area contributed by atoms with Crippen LogP contribution in [0.15, 0.2) is 18.2 Å². The van der Waals surface area contributed by atoms with Crippen LogP contribution in [0.5, 0.6) is 0 Å². The van der Waals surface area contributed by atoms with Gasteiger partial charge in [-0.2, -0.15) is 0 Å². The van der Waals surface area contributed by atoms with Crippen LogP contribution < -0.4 is 11.1 Å². The van der Waals surface area contributed by atoms with Crippen LogP contribution >= 0.6 is 0 Å². The van der Waals surface area contributed by atoms with Gasteiger partial charge >= 0.3 is 0 Å². The maximum absolute atomic E-state index is 12.1. The predicted octanol–water partition coefficient (Wildman–Crippen LogP) is 2.87. The molecule has 0 spiro atoms. The van der Waals surface area contributed by atoms with Crippen molar-refractivity contribution in [1.29, 1.82) is 0 Å². The van der Waals surface area contributed by atoms with E-state index in [9.17, 15) is 4.79 Å². The Bertz CT molecular complexity index is 415. The molecule has 0 bridgehead atoms.